The Morgan fingerprint density at radius 2 is 1.58 bits per heavy atom. The van der Waals surface area contributed by atoms with Gasteiger partial charge in [0.05, 0.1) is 0 Å². The SMILES string of the molecule is CC(C)(C)c1ccc(-c2ccc3c(c2)CCN3)cc1. The van der Waals surface area contributed by atoms with Crippen LogP contribution in [0, 0.1) is 0 Å². The fourth-order valence-corrected chi connectivity index (χ4v) is 2.65. The third-order valence-electron chi connectivity index (χ3n) is 3.90. The van der Waals surface area contributed by atoms with Crippen LogP contribution in [0.2, 0.25) is 0 Å². The lowest BCUT2D eigenvalue weighted by Gasteiger charge is -2.19. The Morgan fingerprint density at radius 1 is 0.895 bits per heavy atom. The Hall–Kier alpha value is -1.76. The summed E-state index contributed by atoms with van der Waals surface area (Å²) in [7, 11) is 0. The fraction of sp³-hybridized carbons (Fsp3) is 0.333. The van der Waals surface area contributed by atoms with Crippen LogP contribution in [-0.2, 0) is 11.8 Å². The first-order valence-corrected chi connectivity index (χ1v) is 7.02. The number of fused-ring (bicyclic) bond motifs is 1. The molecule has 0 saturated heterocycles. The van der Waals surface area contributed by atoms with Crippen LogP contribution in [0.15, 0.2) is 42.5 Å². The number of hydrogen-bond acceptors (Lipinski definition) is 1. The van der Waals surface area contributed by atoms with E-state index in [-0.39, 0.29) is 5.41 Å². The smallest absolute Gasteiger partial charge is 0.0373 e. The minimum Gasteiger partial charge on any atom is -0.384 e. The van der Waals surface area contributed by atoms with Crippen molar-refractivity contribution in [3.8, 4) is 11.1 Å². The summed E-state index contributed by atoms with van der Waals surface area (Å²) >= 11 is 0. The Morgan fingerprint density at radius 3 is 2.26 bits per heavy atom. The first kappa shape index (κ1) is 12.3. The van der Waals surface area contributed by atoms with Gasteiger partial charge in [-0.15, -0.1) is 0 Å². The van der Waals surface area contributed by atoms with E-state index in [2.05, 4.69) is 68.6 Å². The molecule has 0 amide bonds. The van der Waals surface area contributed by atoms with E-state index in [0.29, 0.717) is 0 Å². The van der Waals surface area contributed by atoms with E-state index in [9.17, 15) is 0 Å². The van der Waals surface area contributed by atoms with E-state index in [4.69, 9.17) is 0 Å². The summed E-state index contributed by atoms with van der Waals surface area (Å²) in [5, 5.41) is 3.41. The molecule has 0 bridgehead atoms. The highest BCUT2D eigenvalue weighted by atomic mass is 14.9. The van der Waals surface area contributed by atoms with Crippen molar-refractivity contribution in [2.45, 2.75) is 32.6 Å². The maximum absolute atomic E-state index is 3.41. The Kier molecular flexibility index (Phi) is 2.85. The molecule has 1 heteroatoms. The molecule has 0 radical (unpaired) electrons. The van der Waals surface area contributed by atoms with Crippen LogP contribution >= 0.6 is 0 Å². The van der Waals surface area contributed by atoms with Gasteiger partial charge >= 0.3 is 0 Å². The Bertz CT molecular complexity index is 588. The van der Waals surface area contributed by atoms with E-state index < -0.39 is 0 Å². The monoisotopic (exact) mass is 251 g/mol. The molecule has 1 N–H and O–H groups in total. The molecule has 2 aromatic carbocycles. The second kappa shape index (κ2) is 4.41. The standard InChI is InChI=1S/C18H21N/c1-18(2,3)16-7-4-13(5-8-16)14-6-9-17-15(12-14)10-11-19-17/h4-9,12,19H,10-11H2,1-3H3. The van der Waals surface area contributed by atoms with Crippen molar-refractivity contribution in [3.63, 3.8) is 0 Å². The summed E-state index contributed by atoms with van der Waals surface area (Å²) in [6, 6.07) is 15.7. The predicted molar refractivity (Wildman–Crippen MR) is 82.8 cm³/mol. The molecule has 1 nitrogen and oxygen atoms in total. The van der Waals surface area contributed by atoms with Gasteiger partial charge in [0, 0.05) is 12.2 Å². The van der Waals surface area contributed by atoms with Crippen molar-refractivity contribution in [2.24, 2.45) is 0 Å². The molecule has 1 aliphatic heterocycles. The van der Waals surface area contributed by atoms with Crippen LogP contribution in [0.3, 0.4) is 0 Å². The summed E-state index contributed by atoms with van der Waals surface area (Å²) in [6.07, 6.45) is 1.14. The summed E-state index contributed by atoms with van der Waals surface area (Å²) in [5.74, 6) is 0. The Balaban J connectivity index is 1.94. The van der Waals surface area contributed by atoms with Gasteiger partial charge in [-0.1, -0.05) is 51.1 Å². The molecule has 98 valence electrons. The number of rotatable bonds is 1. The van der Waals surface area contributed by atoms with E-state index in [1.807, 2.05) is 0 Å². The van der Waals surface area contributed by atoms with Crippen molar-refractivity contribution < 1.29 is 0 Å². The van der Waals surface area contributed by atoms with E-state index in [1.165, 1.54) is 27.9 Å². The van der Waals surface area contributed by atoms with E-state index in [1.54, 1.807) is 0 Å². The van der Waals surface area contributed by atoms with Crippen LogP contribution in [0.25, 0.3) is 11.1 Å². The number of anilines is 1. The van der Waals surface area contributed by atoms with Gasteiger partial charge in [0.15, 0.2) is 0 Å². The largest absolute Gasteiger partial charge is 0.384 e. The van der Waals surface area contributed by atoms with Gasteiger partial charge in [-0.3, -0.25) is 0 Å². The zero-order valence-electron chi connectivity index (χ0n) is 12.0. The lowest BCUT2D eigenvalue weighted by Crippen LogP contribution is -2.10. The average molecular weight is 251 g/mol. The first-order valence-electron chi connectivity index (χ1n) is 7.02. The van der Waals surface area contributed by atoms with Crippen LogP contribution in [0.5, 0.6) is 0 Å². The quantitative estimate of drug-likeness (QED) is 0.780. The van der Waals surface area contributed by atoms with Crippen molar-refractivity contribution in [1.29, 1.82) is 0 Å². The van der Waals surface area contributed by atoms with Gasteiger partial charge in [-0.25, -0.2) is 0 Å². The molecule has 0 aromatic heterocycles. The van der Waals surface area contributed by atoms with Crippen LogP contribution in [0.1, 0.15) is 31.9 Å². The molecule has 0 atom stereocenters. The topological polar surface area (TPSA) is 12.0 Å². The normalized spacial score (nSPS) is 14.1. The molecule has 3 rings (SSSR count). The van der Waals surface area contributed by atoms with Crippen LogP contribution in [0.4, 0.5) is 5.69 Å². The van der Waals surface area contributed by atoms with Crippen LogP contribution in [-0.4, -0.2) is 6.54 Å². The third-order valence-corrected chi connectivity index (χ3v) is 3.90. The van der Waals surface area contributed by atoms with Gasteiger partial charge in [0.2, 0.25) is 0 Å². The third kappa shape index (κ3) is 2.37. The zero-order valence-corrected chi connectivity index (χ0v) is 12.0. The molecular weight excluding hydrogens is 230 g/mol. The molecule has 1 aliphatic rings. The molecule has 0 aliphatic carbocycles. The molecule has 2 aromatic rings. The van der Waals surface area contributed by atoms with Crippen molar-refractivity contribution in [1.82, 2.24) is 0 Å². The number of hydrogen-bond donors (Lipinski definition) is 1. The van der Waals surface area contributed by atoms with Crippen molar-refractivity contribution in [3.05, 3.63) is 53.6 Å². The minimum atomic E-state index is 0.223. The van der Waals surface area contributed by atoms with Crippen molar-refractivity contribution >= 4 is 5.69 Å². The molecular formula is C18H21N. The van der Waals surface area contributed by atoms with Gasteiger partial charge < -0.3 is 5.32 Å². The molecule has 0 unspecified atom stereocenters. The predicted octanol–water partition coefficient (Wildman–Crippen LogP) is 4.62. The molecule has 1 heterocycles. The molecule has 0 fully saturated rings. The Labute approximate surface area is 115 Å². The second-order valence-electron chi connectivity index (χ2n) is 6.38. The average Bonchev–Trinajstić information content (AvgIpc) is 2.85. The van der Waals surface area contributed by atoms with E-state index in [0.717, 1.165) is 13.0 Å². The van der Waals surface area contributed by atoms with Gasteiger partial charge in [0.25, 0.3) is 0 Å². The highest BCUT2D eigenvalue weighted by Gasteiger charge is 2.14. The summed E-state index contributed by atoms with van der Waals surface area (Å²) in [4.78, 5) is 0. The maximum Gasteiger partial charge on any atom is 0.0373 e. The molecule has 19 heavy (non-hydrogen) atoms. The van der Waals surface area contributed by atoms with Gasteiger partial charge in [0.1, 0.15) is 0 Å². The summed E-state index contributed by atoms with van der Waals surface area (Å²) in [5.41, 5.74) is 6.98. The van der Waals surface area contributed by atoms with Crippen molar-refractivity contribution in [2.75, 3.05) is 11.9 Å². The summed E-state index contributed by atoms with van der Waals surface area (Å²) < 4.78 is 0. The summed E-state index contributed by atoms with van der Waals surface area (Å²) in [6.45, 7) is 7.83. The van der Waals surface area contributed by atoms with Gasteiger partial charge in [-0.2, -0.15) is 0 Å². The molecule has 0 spiro atoms. The highest BCUT2D eigenvalue weighted by Crippen LogP contribution is 2.30. The lowest BCUT2D eigenvalue weighted by molar-refractivity contribution is 0.590. The number of benzene rings is 2. The van der Waals surface area contributed by atoms with E-state index >= 15 is 0 Å². The van der Waals surface area contributed by atoms with Gasteiger partial charge in [-0.05, 0) is 46.2 Å². The maximum atomic E-state index is 3.41. The second-order valence-corrected chi connectivity index (χ2v) is 6.38. The first-order chi connectivity index (χ1) is 9.04. The lowest BCUT2D eigenvalue weighted by atomic mass is 9.86. The zero-order chi connectivity index (χ0) is 13.5. The number of nitrogens with one attached hydrogen (secondary N) is 1. The highest BCUT2D eigenvalue weighted by molar-refractivity contribution is 5.70. The minimum absolute atomic E-state index is 0.223. The molecule has 0 saturated carbocycles. The van der Waals surface area contributed by atoms with Crippen LogP contribution < -0.4 is 5.32 Å². The fourth-order valence-electron chi connectivity index (χ4n) is 2.65.